The Hall–Kier alpha value is -4.00. The van der Waals surface area contributed by atoms with Gasteiger partial charge in [-0.05, 0) is 49.6 Å². The van der Waals surface area contributed by atoms with Gasteiger partial charge < -0.3 is 10.0 Å². The molecule has 1 aliphatic rings. The Morgan fingerprint density at radius 1 is 1.13 bits per heavy atom. The van der Waals surface area contributed by atoms with Crippen LogP contribution >= 0.6 is 0 Å². The Labute approximate surface area is 214 Å². The fraction of sp³-hybridized carbons (Fsp3) is 0.400. The second kappa shape index (κ2) is 10.0. The Morgan fingerprint density at radius 2 is 1.84 bits per heavy atom. The molecule has 1 aromatic carbocycles. The van der Waals surface area contributed by atoms with Gasteiger partial charge in [-0.15, -0.1) is 0 Å². The standard InChI is InChI=1S/C25H26F3N7O3/c1-16-11-30-34(13-16)20(22(27)28)10-21(36)32-8-6-25(38,7-9-32)14-33-15-29-23-19(24(33)37)12-31-35(23)18-4-2-17(26)3-5-18/h2-5,11-13,15,20,22,38H,6-10,14H2,1H3. The molecule has 0 radical (unpaired) electrons. The third-order valence-corrected chi connectivity index (χ3v) is 6.88. The van der Waals surface area contributed by atoms with Crippen LogP contribution in [0.5, 0.6) is 0 Å². The van der Waals surface area contributed by atoms with Crippen molar-refractivity contribution in [2.75, 3.05) is 13.1 Å². The largest absolute Gasteiger partial charge is 0.388 e. The molecule has 0 spiro atoms. The molecule has 0 bridgehead atoms. The highest BCUT2D eigenvalue weighted by atomic mass is 19.3. The average molecular weight is 530 g/mol. The molecular weight excluding hydrogens is 503 g/mol. The molecule has 1 fully saturated rings. The predicted octanol–water partition coefficient (Wildman–Crippen LogP) is 2.48. The molecule has 0 aliphatic carbocycles. The van der Waals surface area contributed by atoms with Crippen LogP contribution < -0.4 is 5.56 Å². The molecule has 4 aromatic rings. The summed E-state index contributed by atoms with van der Waals surface area (Å²) in [4.78, 5) is 31.7. The zero-order valence-electron chi connectivity index (χ0n) is 20.5. The number of amides is 1. The third-order valence-electron chi connectivity index (χ3n) is 6.88. The summed E-state index contributed by atoms with van der Waals surface area (Å²) in [6.07, 6.45) is 2.79. The van der Waals surface area contributed by atoms with Gasteiger partial charge in [0.1, 0.15) is 23.6 Å². The van der Waals surface area contributed by atoms with E-state index in [1.54, 1.807) is 6.92 Å². The van der Waals surface area contributed by atoms with Crippen molar-refractivity contribution in [2.24, 2.45) is 0 Å². The molecule has 38 heavy (non-hydrogen) atoms. The summed E-state index contributed by atoms with van der Waals surface area (Å²) in [6.45, 7) is 2.01. The third kappa shape index (κ3) is 5.05. The molecule has 5 rings (SSSR count). The summed E-state index contributed by atoms with van der Waals surface area (Å²) in [5, 5.41) is 19.5. The minimum atomic E-state index is -2.76. The molecule has 1 N–H and O–H groups in total. The SMILES string of the molecule is Cc1cnn(C(CC(=O)N2CCC(O)(Cn3cnc4c(cnn4-c4ccc(F)cc4)c3=O)CC2)C(F)F)c1. The lowest BCUT2D eigenvalue weighted by atomic mass is 9.91. The van der Waals surface area contributed by atoms with E-state index < -0.39 is 41.8 Å². The molecule has 1 amide bonds. The smallest absolute Gasteiger partial charge is 0.264 e. The fourth-order valence-corrected chi connectivity index (χ4v) is 4.70. The van der Waals surface area contributed by atoms with E-state index >= 15 is 0 Å². The lowest BCUT2D eigenvalue weighted by molar-refractivity contribution is -0.138. The molecule has 200 valence electrons. The molecule has 1 aliphatic heterocycles. The Morgan fingerprint density at radius 3 is 2.47 bits per heavy atom. The quantitative estimate of drug-likeness (QED) is 0.394. The van der Waals surface area contributed by atoms with Gasteiger partial charge in [-0.3, -0.25) is 18.8 Å². The fourth-order valence-electron chi connectivity index (χ4n) is 4.70. The molecular formula is C25H26F3N7O3. The lowest BCUT2D eigenvalue weighted by Gasteiger charge is -2.38. The number of aliphatic hydroxyl groups is 1. The van der Waals surface area contributed by atoms with Crippen LogP contribution in [0.2, 0.25) is 0 Å². The summed E-state index contributed by atoms with van der Waals surface area (Å²) in [7, 11) is 0. The molecule has 10 nitrogen and oxygen atoms in total. The van der Waals surface area contributed by atoms with E-state index in [-0.39, 0.29) is 37.9 Å². The summed E-state index contributed by atoms with van der Waals surface area (Å²) < 4.78 is 44.3. The number of hydrogen-bond donors (Lipinski definition) is 1. The molecule has 1 saturated heterocycles. The van der Waals surface area contributed by atoms with Gasteiger partial charge in [0.15, 0.2) is 5.65 Å². The van der Waals surface area contributed by atoms with E-state index in [1.807, 2.05) is 0 Å². The van der Waals surface area contributed by atoms with Crippen molar-refractivity contribution in [1.29, 1.82) is 0 Å². The maximum atomic E-state index is 13.6. The van der Waals surface area contributed by atoms with Gasteiger partial charge in [0.2, 0.25) is 5.91 Å². The molecule has 1 atom stereocenters. The first-order valence-electron chi connectivity index (χ1n) is 12.1. The lowest BCUT2D eigenvalue weighted by Crippen LogP contribution is -2.50. The molecule has 13 heteroatoms. The maximum absolute atomic E-state index is 13.6. The van der Waals surface area contributed by atoms with Crippen LogP contribution in [-0.4, -0.2) is 70.1 Å². The van der Waals surface area contributed by atoms with Crippen molar-refractivity contribution in [3.05, 3.63) is 70.9 Å². The average Bonchev–Trinajstić information content (AvgIpc) is 3.51. The normalized spacial score (nSPS) is 16.3. The van der Waals surface area contributed by atoms with E-state index in [4.69, 9.17) is 0 Å². The first kappa shape index (κ1) is 25.6. The van der Waals surface area contributed by atoms with Gasteiger partial charge in [0, 0.05) is 19.3 Å². The zero-order chi connectivity index (χ0) is 27.0. The Bertz CT molecular complexity index is 1500. The molecule has 4 heterocycles. The van der Waals surface area contributed by atoms with Crippen molar-refractivity contribution in [3.63, 3.8) is 0 Å². The highest BCUT2D eigenvalue weighted by Crippen LogP contribution is 2.27. The second-order valence-electron chi connectivity index (χ2n) is 9.66. The van der Waals surface area contributed by atoms with Gasteiger partial charge in [-0.1, -0.05) is 0 Å². The Kier molecular flexibility index (Phi) is 6.78. The number of likely N-dealkylation sites (tertiary alicyclic amines) is 1. The van der Waals surface area contributed by atoms with Crippen LogP contribution in [0.4, 0.5) is 13.2 Å². The zero-order valence-corrected chi connectivity index (χ0v) is 20.5. The minimum Gasteiger partial charge on any atom is -0.388 e. The number of hydrogen-bond acceptors (Lipinski definition) is 6. The first-order valence-corrected chi connectivity index (χ1v) is 12.1. The van der Waals surface area contributed by atoms with Crippen LogP contribution in [0.15, 0.2) is 54.0 Å². The van der Waals surface area contributed by atoms with Gasteiger partial charge in [-0.25, -0.2) is 22.8 Å². The number of carbonyl (C=O) groups excluding carboxylic acids is 1. The summed E-state index contributed by atoms with van der Waals surface area (Å²) in [5.41, 5.74) is -0.129. The highest BCUT2D eigenvalue weighted by molar-refractivity contribution is 5.77. The number of halogens is 3. The predicted molar refractivity (Wildman–Crippen MR) is 130 cm³/mol. The van der Waals surface area contributed by atoms with Gasteiger partial charge in [0.05, 0.1) is 36.6 Å². The van der Waals surface area contributed by atoms with Crippen LogP contribution in [0.3, 0.4) is 0 Å². The van der Waals surface area contributed by atoms with Gasteiger partial charge >= 0.3 is 0 Å². The van der Waals surface area contributed by atoms with E-state index in [0.717, 1.165) is 10.2 Å². The monoisotopic (exact) mass is 529 g/mol. The molecule has 3 aromatic heterocycles. The van der Waals surface area contributed by atoms with Gasteiger partial charge in [-0.2, -0.15) is 10.2 Å². The number of fused-ring (bicyclic) bond motifs is 1. The van der Waals surface area contributed by atoms with Crippen LogP contribution in [0, 0.1) is 12.7 Å². The van der Waals surface area contributed by atoms with Crippen LogP contribution in [-0.2, 0) is 11.3 Å². The molecule has 0 saturated carbocycles. The first-order chi connectivity index (χ1) is 18.1. The van der Waals surface area contributed by atoms with E-state index in [1.165, 1.54) is 63.3 Å². The second-order valence-corrected chi connectivity index (χ2v) is 9.66. The number of benzene rings is 1. The van der Waals surface area contributed by atoms with E-state index in [9.17, 15) is 27.9 Å². The van der Waals surface area contributed by atoms with Crippen molar-refractivity contribution >= 4 is 16.9 Å². The van der Waals surface area contributed by atoms with Crippen molar-refractivity contribution in [1.82, 2.24) is 34.0 Å². The van der Waals surface area contributed by atoms with Crippen molar-refractivity contribution < 1.29 is 23.1 Å². The topological polar surface area (TPSA) is 111 Å². The number of alkyl halides is 2. The van der Waals surface area contributed by atoms with E-state index in [2.05, 4.69) is 15.2 Å². The summed E-state index contributed by atoms with van der Waals surface area (Å²) in [5.74, 6) is -0.845. The number of nitrogens with zero attached hydrogens (tertiary/aromatic N) is 7. The van der Waals surface area contributed by atoms with Crippen molar-refractivity contribution in [2.45, 2.75) is 50.8 Å². The van der Waals surface area contributed by atoms with E-state index in [0.29, 0.717) is 11.3 Å². The summed E-state index contributed by atoms with van der Waals surface area (Å²) in [6, 6.07) is 4.23. The highest BCUT2D eigenvalue weighted by Gasteiger charge is 2.36. The number of aromatic nitrogens is 6. The maximum Gasteiger partial charge on any atom is 0.264 e. The number of carbonyl (C=O) groups is 1. The van der Waals surface area contributed by atoms with Crippen LogP contribution in [0.1, 0.15) is 30.9 Å². The van der Waals surface area contributed by atoms with Crippen molar-refractivity contribution in [3.8, 4) is 5.69 Å². The Balaban J connectivity index is 1.25. The van der Waals surface area contributed by atoms with Gasteiger partial charge in [0.25, 0.3) is 12.0 Å². The minimum absolute atomic E-state index is 0.0508. The summed E-state index contributed by atoms with van der Waals surface area (Å²) >= 11 is 0. The molecule has 1 unspecified atom stereocenters. The number of rotatable bonds is 7. The van der Waals surface area contributed by atoms with Crippen LogP contribution in [0.25, 0.3) is 16.7 Å². The number of aryl methyl sites for hydroxylation is 1. The number of piperidine rings is 1.